The lowest BCUT2D eigenvalue weighted by molar-refractivity contribution is -0.0106. The average Bonchev–Trinajstić information content (AvgIpc) is 2.50. The highest BCUT2D eigenvalue weighted by Crippen LogP contribution is 2.47. The van der Waals surface area contributed by atoms with E-state index in [4.69, 9.17) is 5.53 Å². The van der Waals surface area contributed by atoms with E-state index in [2.05, 4.69) is 4.79 Å². The molecule has 0 heterocycles. The first-order valence-corrected chi connectivity index (χ1v) is 5.04. The SMILES string of the molecule is [N-]=[N+]=C1CCC2(CCCCC2)C1. The molecule has 0 amide bonds. The van der Waals surface area contributed by atoms with Crippen molar-refractivity contribution in [1.29, 1.82) is 0 Å². The van der Waals surface area contributed by atoms with Crippen molar-refractivity contribution in [3.8, 4) is 0 Å². The fraction of sp³-hybridized carbons (Fsp3) is 0.900. The van der Waals surface area contributed by atoms with Crippen molar-refractivity contribution >= 4 is 5.71 Å². The van der Waals surface area contributed by atoms with Crippen molar-refractivity contribution in [3.63, 3.8) is 0 Å². The minimum absolute atomic E-state index is 0.555. The monoisotopic (exact) mass is 164 g/mol. The molecule has 0 aromatic heterocycles. The Morgan fingerprint density at radius 3 is 2.42 bits per heavy atom. The molecule has 12 heavy (non-hydrogen) atoms. The second kappa shape index (κ2) is 3.02. The fourth-order valence-corrected chi connectivity index (χ4v) is 2.83. The molecule has 0 unspecified atom stereocenters. The first kappa shape index (κ1) is 8.00. The van der Waals surface area contributed by atoms with Crippen LogP contribution >= 0.6 is 0 Å². The van der Waals surface area contributed by atoms with Crippen molar-refractivity contribution in [1.82, 2.24) is 0 Å². The summed E-state index contributed by atoms with van der Waals surface area (Å²) in [6.07, 6.45) is 10.3. The van der Waals surface area contributed by atoms with Crippen molar-refractivity contribution in [2.75, 3.05) is 0 Å². The standard InChI is InChI=1S/C10H16N2/c11-12-9-4-7-10(8-9)5-2-1-3-6-10/h1-8H2. The van der Waals surface area contributed by atoms with Gasteiger partial charge in [0.15, 0.2) is 0 Å². The van der Waals surface area contributed by atoms with Gasteiger partial charge in [0.1, 0.15) is 0 Å². The molecule has 2 heteroatoms. The van der Waals surface area contributed by atoms with Gasteiger partial charge in [-0.2, -0.15) is 4.79 Å². The van der Waals surface area contributed by atoms with Gasteiger partial charge in [-0.15, -0.1) is 0 Å². The molecule has 2 rings (SSSR count). The maximum Gasteiger partial charge on any atom is 0.269 e. The van der Waals surface area contributed by atoms with Gasteiger partial charge < -0.3 is 5.53 Å². The van der Waals surface area contributed by atoms with Gasteiger partial charge in [-0.25, -0.2) is 0 Å². The molecule has 66 valence electrons. The molecule has 0 bridgehead atoms. The van der Waals surface area contributed by atoms with Crippen molar-refractivity contribution in [2.24, 2.45) is 5.41 Å². The molecule has 2 saturated carbocycles. The zero-order valence-corrected chi connectivity index (χ0v) is 7.55. The molecular formula is C10H16N2. The predicted molar refractivity (Wildman–Crippen MR) is 48.0 cm³/mol. The molecule has 0 aromatic carbocycles. The van der Waals surface area contributed by atoms with E-state index >= 15 is 0 Å². The Kier molecular flexibility index (Phi) is 2.02. The number of hydrogen-bond acceptors (Lipinski definition) is 0. The summed E-state index contributed by atoms with van der Waals surface area (Å²) in [5.41, 5.74) is 10.3. The van der Waals surface area contributed by atoms with Crippen LogP contribution in [-0.2, 0) is 0 Å². The Balaban J connectivity index is 2.08. The molecule has 2 fully saturated rings. The van der Waals surface area contributed by atoms with Gasteiger partial charge in [-0.3, -0.25) is 0 Å². The van der Waals surface area contributed by atoms with Gasteiger partial charge in [0.2, 0.25) is 0 Å². The third-order valence-corrected chi connectivity index (χ3v) is 3.58. The van der Waals surface area contributed by atoms with Crippen LogP contribution in [0.25, 0.3) is 5.53 Å². The maximum atomic E-state index is 8.67. The smallest absolute Gasteiger partial charge is 0.269 e. The van der Waals surface area contributed by atoms with Crippen LogP contribution in [0.2, 0.25) is 0 Å². The van der Waals surface area contributed by atoms with Crippen molar-refractivity contribution in [2.45, 2.75) is 51.4 Å². The lowest BCUT2D eigenvalue weighted by Crippen LogP contribution is -2.20. The van der Waals surface area contributed by atoms with Crippen LogP contribution in [-0.4, -0.2) is 10.5 Å². The van der Waals surface area contributed by atoms with Crippen LogP contribution in [0.5, 0.6) is 0 Å². The molecule has 0 aromatic rings. The minimum atomic E-state index is 0.555. The average molecular weight is 164 g/mol. The normalized spacial score (nSPS) is 27.5. The fourth-order valence-electron chi connectivity index (χ4n) is 2.83. The highest BCUT2D eigenvalue weighted by molar-refractivity contribution is 5.82. The van der Waals surface area contributed by atoms with Gasteiger partial charge in [-0.05, 0) is 24.7 Å². The van der Waals surface area contributed by atoms with E-state index in [0.717, 1.165) is 18.6 Å². The topological polar surface area (TPSA) is 36.4 Å². The summed E-state index contributed by atoms with van der Waals surface area (Å²) >= 11 is 0. The minimum Gasteiger partial charge on any atom is -0.362 e. The van der Waals surface area contributed by atoms with E-state index in [9.17, 15) is 0 Å². The molecule has 0 saturated heterocycles. The van der Waals surface area contributed by atoms with Crippen LogP contribution < -0.4 is 0 Å². The largest absolute Gasteiger partial charge is 0.362 e. The summed E-state index contributed by atoms with van der Waals surface area (Å²) in [4.78, 5) is 3.35. The third-order valence-electron chi connectivity index (χ3n) is 3.58. The summed E-state index contributed by atoms with van der Waals surface area (Å²) < 4.78 is 0. The van der Waals surface area contributed by atoms with Gasteiger partial charge in [0.05, 0.1) is 6.42 Å². The summed E-state index contributed by atoms with van der Waals surface area (Å²) in [5, 5.41) is 0. The first-order chi connectivity index (χ1) is 5.85. The van der Waals surface area contributed by atoms with Gasteiger partial charge >= 0.3 is 0 Å². The number of hydrogen-bond donors (Lipinski definition) is 0. The Hall–Kier alpha value is -0.620. The molecule has 0 aliphatic heterocycles. The van der Waals surface area contributed by atoms with Crippen molar-refractivity contribution in [3.05, 3.63) is 5.53 Å². The van der Waals surface area contributed by atoms with Crippen LogP contribution in [0.3, 0.4) is 0 Å². The van der Waals surface area contributed by atoms with E-state index in [-0.39, 0.29) is 0 Å². The Labute approximate surface area is 73.6 Å². The summed E-state index contributed by atoms with van der Waals surface area (Å²) in [7, 11) is 0. The van der Waals surface area contributed by atoms with Crippen LogP contribution in [0.4, 0.5) is 0 Å². The lowest BCUT2D eigenvalue weighted by Gasteiger charge is -2.31. The van der Waals surface area contributed by atoms with Crippen molar-refractivity contribution < 1.29 is 4.79 Å². The Morgan fingerprint density at radius 2 is 1.83 bits per heavy atom. The Morgan fingerprint density at radius 1 is 1.08 bits per heavy atom. The number of nitrogens with zero attached hydrogens (tertiary/aromatic N) is 2. The second-order valence-electron chi connectivity index (χ2n) is 4.40. The highest BCUT2D eigenvalue weighted by atomic mass is 14.9. The van der Waals surface area contributed by atoms with Gasteiger partial charge in [-0.1, -0.05) is 19.3 Å². The molecule has 0 atom stereocenters. The molecule has 2 nitrogen and oxygen atoms in total. The van der Waals surface area contributed by atoms with E-state index in [1.165, 1.54) is 38.5 Å². The highest BCUT2D eigenvalue weighted by Gasteiger charge is 2.41. The third kappa shape index (κ3) is 1.32. The first-order valence-electron chi connectivity index (χ1n) is 5.04. The quantitative estimate of drug-likeness (QED) is 0.390. The predicted octanol–water partition coefficient (Wildman–Crippen LogP) is 2.79. The van der Waals surface area contributed by atoms with E-state index in [0.29, 0.717) is 5.41 Å². The van der Waals surface area contributed by atoms with Crippen LogP contribution in [0.1, 0.15) is 51.4 Å². The summed E-state index contributed by atoms with van der Waals surface area (Å²) in [6, 6.07) is 0. The summed E-state index contributed by atoms with van der Waals surface area (Å²) in [6.45, 7) is 0. The molecule has 2 aliphatic rings. The molecular weight excluding hydrogens is 148 g/mol. The zero-order chi connectivity index (χ0) is 8.44. The zero-order valence-electron chi connectivity index (χ0n) is 7.55. The van der Waals surface area contributed by atoms with Crippen LogP contribution in [0, 0.1) is 5.41 Å². The molecule has 0 radical (unpaired) electrons. The molecule has 0 N–H and O–H groups in total. The van der Waals surface area contributed by atoms with E-state index in [1.54, 1.807) is 0 Å². The summed E-state index contributed by atoms with van der Waals surface area (Å²) in [5.74, 6) is 0. The second-order valence-corrected chi connectivity index (χ2v) is 4.40. The number of rotatable bonds is 0. The molecule has 2 aliphatic carbocycles. The van der Waals surface area contributed by atoms with Gasteiger partial charge in [0.25, 0.3) is 5.71 Å². The Bertz CT molecular complexity index is 220. The van der Waals surface area contributed by atoms with Gasteiger partial charge in [0, 0.05) is 6.42 Å². The van der Waals surface area contributed by atoms with Crippen LogP contribution in [0.15, 0.2) is 0 Å². The maximum absolute atomic E-state index is 8.67. The van der Waals surface area contributed by atoms with E-state index < -0.39 is 0 Å². The van der Waals surface area contributed by atoms with E-state index in [1.807, 2.05) is 0 Å². The lowest BCUT2D eigenvalue weighted by atomic mass is 9.73. The molecule has 1 spiro atoms.